The van der Waals surface area contributed by atoms with Crippen molar-refractivity contribution >= 4 is 40.5 Å². The van der Waals surface area contributed by atoms with E-state index in [0.717, 1.165) is 5.56 Å². The lowest BCUT2D eigenvalue weighted by atomic mass is 10.1. The summed E-state index contributed by atoms with van der Waals surface area (Å²) in [5.41, 5.74) is 2.17. The molecule has 136 valence electrons. The molecule has 4 rings (SSSR count). The third kappa shape index (κ3) is 3.15. The molecule has 4 aromatic rings. The van der Waals surface area contributed by atoms with Gasteiger partial charge in [-0.1, -0.05) is 30.3 Å². The van der Waals surface area contributed by atoms with Gasteiger partial charge in [0.05, 0.1) is 10.9 Å². The quantitative estimate of drug-likeness (QED) is 0.534. The number of aromatic amines is 1. The molecule has 1 amide bonds. The van der Waals surface area contributed by atoms with E-state index in [2.05, 4.69) is 15.5 Å². The summed E-state index contributed by atoms with van der Waals surface area (Å²) in [5.74, 6) is 0.278. The van der Waals surface area contributed by atoms with E-state index in [4.69, 9.17) is 12.2 Å². The second-order valence-electron chi connectivity index (χ2n) is 6.27. The molecule has 0 aliphatic carbocycles. The van der Waals surface area contributed by atoms with Crippen molar-refractivity contribution in [3.8, 4) is 0 Å². The summed E-state index contributed by atoms with van der Waals surface area (Å²) in [4.78, 5) is 24.5. The molecular formula is C19H17N5O2S. The number of carbonyl (C=O) groups excluding carboxylic acids is 1. The summed E-state index contributed by atoms with van der Waals surface area (Å²) >= 11 is 5.36. The Hall–Kier alpha value is -3.26. The number of rotatable bonds is 4. The zero-order valence-electron chi connectivity index (χ0n) is 14.6. The molecule has 0 spiro atoms. The van der Waals surface area contributed by atoms with Crippen LogP contribution in [0, 0.1) is 4.77 Å². The van der Waals surface area contributed by atoms with Crippen LogP contribution in [0.5, 0.6) is 0 Å². The molecule has 0 atom stereocenters. The van der Waals surface area contributed by atoms with E-state index in [-0.39, 0.29) is 11.5 Å². The predicted molar refractivity (Wildman–Crippen MR) is 107 cm³/mol. The van der Waals surface area contributed by atoms with Crippen molar-refractivity contribution in [3.05, 3.63) is 69.2 Å². The van der Waals surface area contributed by atoms with Crippen molar-refractivity contribution in [2.24, 2.45) is 0 Å². The van der Waals surface area contributed by atoms with Gasteiger partial charge in [-0.3, -0.25) is 18.6 Å². The van der Waals surface area contributed by atoms with Crippen LogP contribution in [0.3, 0.4) is 0 Å². The molecule has 2 aromatic heterocycles. The van der Waals surface area contributed by atoms with E-state index in [0.29, 0.717) is 40.1 Å². The minimum Gasteiger partial charge on any atom is -0.326 e. The average Bonchev–Trinajstić information content (AvgIpc) is 3.04. The maximum Gasteiger partial charge on any atom is 0.262 e. The number of anilines is 1. The van der Waals surface area contributed by atoms with Crippen molar-refractivity contribution < 1.29 is 4.79 Å². The van der Waals surface area contributed by atoms with Gasteiger partial charge in [0.2, 0.25) is 16.5 Å². The Morgan fingerprint density at radius 1 is 1.22 bits per heavy atom. The van der Waals surface area contributed by atoms with E-state index in [1.165, 1.54) is 6.92 Å². The summed E-state index contributed by atoms with van der Waals surface area (Å²) in [7, 11) is 0. The van der Waals surface area contributed by atoms with E-state index in [9.17, 15) is 9.59 Å². The van der Waals surface area contributed by atoms with Crippen molar-refractivity contribution in [3.63, 3.8) is 0 Å². The lowest BCUT2D eigenvalue weighted by Gasteiger charge is -2.11. The summed E-state index contributed by atoms with van der Waals surface area (Å²) in [5, 5.41) is 10.2. The van der Waals surface area contributed by atoms with Gasteiger partial charge >= 0.3 is 0 Å². The van der Waals surface area contributed by atoms with Crippen LogP contribution in [0.4, 0.5) is 5.69 Å². The Bertz CT molecular complexity index is 1270. The zero-order valence-corrected chi connectivity index (χ0v) is 15.4. The number of carbonyl (C=O) groups is 1. The smallest absolute Gasteiger partial charge is 0.262 e. The summed E-state index contributed by atoms with van der Waals surface area (Å²) in [6.07, 6.45) is 0.687. The number of aromatic nitrogens is 4. The van der Waals surface area contributed by atoms with Gasteiger partial charge in [0.1, 0.15) is 0 Å². The Balaban J connectivity index is 1.90. The number of amides is 1. The number of nitrogens with zero attached hydrogens (tertiary/aromatic N) is 3. The molecule has 0 bridgehead atoms. The highest BCUT2D eigenvalue weighted by Crippen LogP contribution is 2.18. The van der Waals surface area contributed by atoms with Crippen molar-refractivity contribution in [1.82, 2.24) is 19.2 Å². The van der Waals surface area contributed by atoms with Crippen LogP contribution in [0.25, 0.3) is 16.7 Å². The maximum absolute atomic E-state index is 13.2. The first kappa shape index (κ1) is 17.2. The highest BCUT2D eigenvalue weighted by atomic mass is 32.1. The standard InChI is InChI=1S/C19H17N5O2S/c1-12(25)20-14-7-8-16-15(11-14)17(26)23(18-21-22-19(27)24(16)18)10-9-13-5-3-2-4-6-13/h2-8,11H,9-10H2,1H3,(H,20,25)(H,22,27). The molecule has 2 heterocycles. The second-order valence-corrected chi connectivity index (χ2v) is 6.66. The second kappa shape index (κ2) is 6.81. The number of H-pyrrole nitrogens is 1. The van der Waals surface area contributed by atoms with Crippen LogP contribution in [0.1, 0.15) is 12.5 Å². The van der Waals surface area contributed by atoms with Crippen LogP contribution in [-0.4, -0.2) is 25.1 Å². The van der Waals surface area contributed by atoms with E-state index < -0.39 is 0 Å². The molecule has 0 saturated carbocycles. The normalized spacial score (nSPS) is 11.1. The molecule has 7 nitrogen and oxygen atoms in total. The molecule has 27 heavy (non-hydrogen) atoms. The third-order valence-corrected chi connectivity index (χ3v) is 4.67. The molecular weight excluding hydrogens is 362 g/mol. The van der Waals surface area contributed by atoms with Gasteiger partial charge in [0.25, 0.3) is 5.56 Å². The summed E-state index contributed by atoms with van der Waals surface area (Å²) in [6.45, 7) is 1.89. The van der Waals surface area contributed by atoms with E-state index >= 15 is 0 Å². The monoisotopic (exact) mass is 379 g/mol. The fraction of sp³-hybridized carbons (Fsp3) is 0.158. The Morgan fingerprint density at radius 3 is 2.74 bits per heavy atom. The molecule has 0 saturated heterocycles. The Morgan fingerprint density at radius 2 is 2.00 bits per heavy atom. The first-order chi connectivity index (χ1) is 13.0. The topological polar surface area (TPSA) is 84.2 Å². The highest BCUT2D eigenvalue weighted by molar-refractivity contribution is 7.71. The van der Waals surface area contributed by atoms with Crippen LogP contribution >= 0.6 is 12.2 Å². The average molecular weight is 379 g/mol. The number of hydrogen-bond donors (Lipinski definition) is 2. The van der Waals surface area contributed by atoms with Crippen LogP contribution < -0.4 is 10.9 Å². The number of benzene rings is 2. The van der Waals surface area contributed by atoms with Crippen molar-refractivity contribution in [2.45, 2.75) is 19.9 Å². The van der Waals surface area contributed by atoms with Gasteiger partial charge in [-0.2, -0.15) is 0 Å². The molecule has 0 unspecified atom stereocenters. The van der Waals surface area contributed by atoms with Crippen LogP contribution in [-0.2, 0) is 17.8 Å². The molecule has 2 N–H and O–H groups in total. The largest absolute Gasteiger partial charge is 0.326 e. The van der Waals surface area contributed by atoms with Crippen LogP contribution in [0.2, 0.25) is 0 Å². The van der Waals surface area contributed by atoms with Gasteiger partial charge in [0, 0.05) is 19.2 Å². The van der Waals surface area contributed by atoms with Gasteiger partial charge in [-0.15, -0.1) is 5.10 Å². The zero-order chi connectivity index (χ0) is 19.0. The lowest BCUT2D eigenvalue weighted by Crippen LogP contribution is -2.24. The van der Waals surface area contributed by atoms with Gasteiger partial charge in [0.15, 0.2) is 0 Å². The maximum atomic E-state index is 13.2. The van der Waals surface area contributed by atoms with Crippen LogP contribution in [0.15, 0.2) is 53.3 Å². The number of aryl methyl sites for hydroxylation is 2. The fourth-order valence-corrected chi connectivity index (χ4v) is 3.42. The number of hydrogen-bond acceptors (Lipinski definition) is 4. The lowest BCUT2D eigenvalue weighted by molar-refractivity contribution is -0.114. The Labute approximate surface area is 159 Å². The third-order valence-electron chi connectivity index (χ3n) is 4.40. The number of nitrogens with one attached hydrogen (secondary N) is 2. The van der Waals surface area contributed by atoms with Crippen molar-refractivity contribution in [2.75, 3.05) is 5.32 Å². The van der Waals surface area contributed by atoms with Crippen molar-refractivity contribution in [1.29, 1.82) is 0 Å². The van der Waals surface area contributed by atoms with E-state index in [1.807, 2.05) is 30.3 Å². The summed E-state index contributed by atoms with van der Waals surface area (Å²) < 4.78 is 3.77. The molecule has 0 aliphatic heterocycles. The summed E-state index contributed by atoms with van der Waals surface area (Å²) in [6, 6.07) is 15.1. The number of fused-ring (bicyclic) bond motifs is 3. The van der Waals surface area contributed by atoms with Gasteiger partial charge < -0.3 is 5.32 Å². The van der Waals surface area contributed by atoms with Gasteiger partial charge in [-0.25, -0.2) is 5.10 Å². The Kier molecular flexibility index (Phi) is 4.33. The first-order valence-corrected chi connectivity index (χ1v) is 8.90. The fourth-order valence-electron chi connectivity index (χ4n) is 3.19. The molecule has 0 radical (unpaired) electrons. The minimum atomic E-state index is -0.195. The first-order valence-electron chi connectivity index (χ1n) is 8.50. The van der Waals surface area contributed by atoms with E-state index in [1.54, 1.807) is 27.2 Å². The molecule has 8 heteroatoms. The SMILES string of the molecule is CC(=O)Nc1ccc2c(c1)c(=O)n(CCc1ccccc1)c1n[nH]c(=S)n21. The van der Waals surface area contributed by atoms with Gasteiger partial charge in [-0.05, 0) is 42.4 Å². The highest BCUT2D eigenvalue weighted by Gasteiger charge is 2.14. The minimum absolute atomic E-state index is 0.172. The molecule has 2 aromatic carbocycles. The molecule has 0 aliphatic rings. The predicted octanol–water partition coefficient (Wildman–Crippen LogP) is 2.91. The molecule has 0 fully saturated rings.